The van der Waals surface area contributed by atoms with Crippen molar-refractivity contribution in [3.05, 3.63) is 71.6 Å². The van der Waals surface area contributed by atoms with Crippen LogP contribution in [0.4, 0.5) is 5.69 Å². The van der Waals surface area contributed by atoms with Crippen molar-refractivity contribution in [3.8, 4) is 0 Å². The Balaban J connectivity index is 1.55. The molecule has 3 aromatic rings. The highest BCUT2D eigenvalue weighted by atomic mass is 32.2. The number of benzene rings is 2. The summed E-state index contributed by atoms with van der Waals surface area (Å²) in [5.74, 6) is 0.521. The van der Waals surface area contributed by atoms with Crippen molar-refractivity contribution in [2.45, 2.75) is 11.6 Å². The maximum Gasteiger partial charge on any atom is 0.277 e. The van der Waals surface area contributed by atoms with Gasteiger partial charge in [-0.3, -0.25) is 9.52 Å². The number of anilines is 1. The predicted molar refractivity (Wildman–Crippen MR) is 104 cm³/mol. The normalized spacial score (nSPS) is 11.3. The maximum atomic E-state index is 12.3. The summed E-state index contributed by atoms with van der Waals surface area (Å²) in [4.78, 5) is 12.3. The summed E-state index contributed by atoms with van der Waals surface area (Å²) < 4.78 is 30.3. The van der Waals surface area contributed by atoms with Crippen LogP contribution in [0, 0.1) is 0 Å². The second kappa shape index (κ2) is 8.36. The van der Waals surface area contributed by atoms with Crippen LogP contribution in [-0.4, -0.2) is 36.4 Å². The molecule has 1 aromatic heterocycles. The van der Waals surface area contributed by atoms with Gasteiger partial charge < -0.3 is 4.42 Å². The minimum atomic E-state index is -3.34. The zero-order valence-corrected chi connectivity index (χ0v) is 16.1. The SMILES string of the molecule is CS(=O)(=O)Nc1ccc(C(=O)CSc2nnc(Cc3ccccc3)o2)cc1. The Hall–Kier alpha value is -2.65. The molecule has 1 heterocycles. The van der Waals surface area contributed by atoms with Crippen LogP contribution in [-0.2, 0) is 16.4 Å². The molecule has 0 atom stereocenters. The molecule has 9 heteroatoms. The van der Waals surface area contributed by atoms with Crippen molar-refractivity contribution < 1.29 is 17.6 Å². The van der Waals surface area contributed by atoms with E-state index in [1.54, 1.807) is 24.3 Å². The summed E-state index contributed by atoms with van der Waals surface area (Å²) in [5.41, 5.74) is 1.95. The molecule has 0 radical (unpaired) electrons. The molecule has 2 aromatic carbocycles. The molecule has 1 N–H and O–H groups in total. The first-order chi connectivity index (χ1) is 12.9. The first-order valence-corrected chi connectivity index (χ1v) is 10.9. The summed E-state index contributed by atoms with van der Waals surface area (Å²) in [7, 11) is -3.34. The Kier molecular flexibility index (Phi) is 5.92. The van der Waals surface area contributed by atoms with Gasteiger partial charge in [-0.05, 0) is 29.8 Å². The lowest BCUT2D eigenvalue weighted by atomic mass is 10.1. The highest BCUT2D eigenvalue weighted by Gasteiger charge is 2.12. The average Bonchev–Trinajstić information content (AvgIpc) is 3.07. The number of carbonyl (C=O) groups is 1. The van der Waals surface area contributed by atoms with Gasteiger partial charge >= 0.3 is 0 Å². The van der Waals surface area contributed by atoms with E-state index in [0.717, 1.165) is 11.8 Å². The van der Waals surface area contributed by atoms with E-state index >= 15 is 0 Å². The number of nitrogens with zero attached hydrogens (tertiary/aromatic N) is 2. The zero-order valence-electron chi connectivity index (χ0n) is 14.5. The van der Waals surface area contributed by atoms with Gasteiger partial charge in [-0.1, -0.05) is 42.1 Å². The van der Waals surface area contributed by atoms with Gasteiger partial charge in [-0.2, -0.15) is 0 Å². The average molecular weight is 403 g/mol. The smallest absolute Gasteiger partial charge is 0.277 e. The van der Waals surface area contributed by atoms with Gasteiger partial charge in [-0.25, -0.2) is 8.42 Å². The van der Waals surface area contributed by atoms with Crippen molar-refractivity contribution in [3.63, 3.8) is 0 Å². The minimum absolute atomic E-state index is 0.117. The fraction of sp³-hybridized carbons (Fsp3) is 0.167. The molecule has 0 aliphatic heterocycles. The highest BCUT2D eigenvalue weighted by molar-refractivity contribution is 7.99. The Bertz CT molecular complexity index is 1020. The molecule has 3 rings (SSSR count). The third-order valence-corrected chi connectivity index (χ3v) is 4.91. The standard InChI is InChI=1S/C18H17N3O4S2/c1-27(23,24)21-15-9-7-14(8-10-15)16(22)12-26-18-20-19-17(25-18)11-13-5-3-2-4-6-13/h2-10,21H,11-12H2,1H3. The number of sulfonamides is 1. The van der Waals surface area contributed by atoms with E-state index in [2.05, 4.69) is 14.9 Å². The number of carbonyl (C=O) groups excluding carboxylic acids is 1. The summed E-state index contributed by atoms with van der Waals surface area (Å²) in [6.45, 7) is 0. The van der Waals surface area contributed by atoms with Gasteiger partial charge in [0.15, 0.2) is 5.78 Å². The number of Topliss-reactive ketones (excluding diaryl/α,β-unsaturated/α-hetero) is 1. The summed E-state index contributed by atoms with van der Waals surface area (Å²) in [6, 6.07) is 16.0. The number of ketones is 1. The monoisotopic (exact) mass is 403 g/mol. The van der Waals surface area contributed by atoms with Crippen molar-refractivity contribution in [1.29, 1.82) is 0 Å². The van der Waals surface area contributed by atoms with Gasteiger partial charge in [-0.15, -0.1) is 10.2 Å². The van der Waals surface area contributed by atoms with Crippen molar-refractivity contribution >= 4 is 33.3 Å². The number of rotatable bonds is 8. The first-order valence-electron chi connectivity index (χ1n) is 7.99. The van der Waals surface area contributed by atoms with Crippen molar-refractivity contribution in [2.24, 2.45) is 0 Å². The van der Waals surface area contributed by atoms with Crippen molar-refractivity contribution in [2.75, 3.05) is 16.7 Å². The second-order valence-electron chi connectivity index (χ2n) is 5.79. The van der Waals surface area contributed by atoms with Gasteiger partial charge in [0.1, 0.15) is 0 Å². The molecular weight excluding hydrogens is 386 g/mol. The summed E-state index contributed by atoms with van der Waals surface area (Å²) in [6.07, 6.45) is 1.61. The lowest BCUT2D eigenvalue weighted by molar-refractivity contribution is 0.102. The largest absolute Gasteiger partial charge is 0.416 e. The zero-order chi connectivity index (χ0) is 19.3. The number of aromatic nitrogens is 2. The molecule has 0 unspecified atom stereocenters. The van der Waals surface area contributed by atoms with E-state index in [0.29, 0.717) is 28.8 Å². The summed E-state index contributed by atoms with van der Waals surface area (Å²) in [5, 5.41) is 8.28. The number of thioether (sulfide) groups is 1. The van der Waals surface area contributed by atoms with E-state index in [-0.39, 0.29) is 11.5 Å². The molecule has 140 valence electrons. The van der Waals surface area contributed by atoms with E-state index in [4.69, 9.17) is 4.42 Å². The van der Waals surface area contributed by atoms with Crippen LogP contribution in [0.25, 0.3) is 0 Å². The van der Waals surface area contributed by atoms with Crippen LogP contribution in [0.1, 0.15) is 21.8 Å². The van der Waals surface area contributed by atoms with E-state index in [1.165, 1.54) is 11.8 Å². The Morgan fingerprint density at radius 1 is 1.07 bits per heavy atom. The fourth-order valence-corrected chi connectivity index (χ4v) is 3.53. The molecule has 0 amide bonds. The Morgan fingerprint density at radius 2 is 1.78 bits per heavy atom. The lowest BCUT2D eigenvalue weighted by Gasteiger charge is -2.04. The summed E-state index contributed by atoms with van der Waals surface area (Å²) >= 11 is 1.17. The molecule has 0 saturated carbocycles. The third kappa shape index (κ3) is 5.93. The van der Waals surface area contributed by atoms with Crippen LogP contribution in [0.15, 0.2) is 64.2 Å². The fourth-order valence-electron chi connectivity index (χ4n) is 2.29. The third-order valence-electron chi connectivity index (χ3n) is 3.48. The topological polar surface area (TPSA) is 102 Å². The maximum absolute atomic E-state index is 12.3. The number of nitrogens with one attached hydrogen (secondary N) is 1. The number of hydrogen-bond acceptors (Lipinski definition) is 7. The quantitative estimate of drug-likeness (QED) is 0.455. The molecule has 0 saturated heterocycles. The van der Waals surface area contributed by atoms with E-state index < -0.39 is 10.0 Å². The molecule has 0 fully saturated rings. The molecule has 0 aliphatic carbocycles. The minimum Gasteiger partial charge on any atom is -0.416 e. The van der Waals surface area contributed by atoms with Crippen LogP contribution < -0.4 is 4.72 Å². The highest BCUT2D eigenvalue weighted by Crippen LogP contribution is 2.20. The van der Waals surface area contributed by atoms with E-state index in [9.17, 15) is 13.2 Å². The molecule has 0 aliphatic rings. The molecular formula is C18H17N3O4S2. The van der Waals surface area contributed by atoms with Gasteiger partial charge in [0, 0.05) is 11.3 Å². The van der Waals surface area contributed by atoms with Gasteiger partial charge in [0.25, 0.3) is 5.22 Å². The molecule has 27 heavy (non-hydrogen) atoms. The van der Waals surface area contributed by atoms with E-state index in [1.807, 2.05) is 30.3 Å². The van der Waals surface area contributed by atoms with Gasteiger partial charge in [0.05, 0.1) is 18.4 Å². The van der Waals surface area contributed by atoms with Crippen LogP contribution in [0.5, 0.6) is 0 Å². The van der Waals surface area contributed by atoms with Crippen LogP contribution >= 0.6 is 11.8 Å². The van der Waals surface area contributed by atoms with Crippen molar-refractivity contribution in [1.82, 2.24) is 10.2 Å². The van der Waals surface area contributed by atoms with Gasteiger partial charge in [0.2, 0.25) is 15.9 Å². The van der Waals surface area contributed by atoms with Crippen LogP contribution in [0.3, 0.4) is 0 Å². The molecule has 0 spiro atoms. The lowest BCUT2D eigenvalue weighted by Crippen LogP contribution is -2.10. The second-order valence-corrected chi connectivity index (χ2v) is 8.46. The first kappa shape index (κ1) is 19.1. The molecule has 7 nitrogen and oxygen atoms in total. The predicted octanol–water partition coefficient (Wildman–Crippen LogP) is 3.01. The van der Waals surface area contributed by atoms with Crippen LogP contribution in [0.2, 0.25) is 0 Å². The Labute approximate surface area is 161 Å². The Morgan fingerprint density at radius 3 is 2.44 bits per heavy atom. The number of hydrogen-bond donors (Lipinski definition) is 1. The molecule has 0 bridgehead atoms.